The zero-order valence-electron chi connectivity index (χ0n) is 11.8. The minimum atomic E-state index is -0.674. The molecule has 5 nitrogen and oxygen atoms in total. The van der Waals surface area contributed by atoms with E-state index in [4.69, 9.17) is 4.74 Å². The first-order valence-electron chi connectivity index (χ1n) is 6.92. The number of ketones is 1. The summed E-state index contributed by atoms with van der Waals surface area (Å²) < 4.78 is 5.29. The Morgan fingerprint density at radius 1 is 1.24 bits per heavy atom. The van der Waals surface area contributed by atoms with E-state index >= 15 is 0 Å². The molecule has 0 radical (unpaired) electrons. The molecule has 0 saturated carbocycles. The van der Waals surface area contributed by atoms with Gasteiger partial charge >= 0.3 is 5.97 Å². The smallest absolute Gasteiger partial charge is 0.342 e. The predicted octanol–water partition coefficient (Wildman–Crippen LogP) is 2.49. The number of allylic oxidation sites excluding steroid dienone is 2. The largest absolute Gasteiger partial charge is 0.508 e. The van der Waals surface area contributed by atoms with Crippen molar-refractivity contribution in [1.29, 1.82) is 0 Å². The van der Waals surface area contributed by atoms with Crippen LogP contribution in [0.25, 0.3) is 0 Å². The zero-order valence-corrected chi connectivity index (χ0v) is 11.8. The number of cyclic esters (lactones) is 1. The summed E-state index contributed by atoms with van der Waals surface area (Å²) in [5.74, 6) is -1.44. The highest BCUT2D eigenvalue weighted by atomic mass is 16.5. The van der Waals surface area contributed by atoms with Gasteiger partial charge in [-0.15, -0.1) is 0 Å². The van der Waals surface area contributed by atoms with Gasteiger partial charge in [0.05, 0.1) is 6.10 Å². The van der Waals surface area contributed by atoms with Crippen molar-refractivity contribution >= 4 is 11.8 Å². The van der Waals surface area contributed by atoms with Crippen molar-refractivity contribution in [3.05, 3.63) is 35.4 Å². The molecule has 0 aliphatic carbocycles. The Bertz CT molecular complexity index is 589. The molecule has 0 unspecified atom stereocenters. The number of phenols is 2. The molecular weight excluding hydrogens is 272 g/mol. The lowest BCUT2D eigenvalue weighted by Crippen LogP contribution is -2.18. The molecule has 1 aliphatic heterocycles. The van der Waals surface area contributed by atoms with Crippen molar-refractivity contribution < 1.29 is 24.5 Å². The van der Waals surface area contributed by atoms with Gasteiger partial charge in [0.25, 0.3) is 0 Å². The van der Waals surface area contributed by atoms with Gasteiger partial charge in [-0.1, -0.05) is 6.08 Å². The molecule has 0 fully saturated rings. The number of carbonyl (C=O) groups excluding carboxylic acids is 2. The Balaban J connectivity index is 2.44. The van der Waals surface area contributed by atoms with E-state index in [2.05, 4.69) is 0 Å². The molecular formula is C16H18O5. The number of phenolic OH excluding ortho intramolecular Hbond substituents is 2. The molecule has 0 spiro atoms. The second-order valence-corrected chi connectivity index (χ2v) is 5.19. The monoisotopic (exact) mass is 290 g/mol. The summed E-state index contributed by atoms with van der Waals surface area (Å²) in [6, 6.07) is 2.37. The highest BCUT2D eigenvalue weighted by Crippen LogP contribution is 2.29. The number of hydrogen-bond acceptors (Lipinski definition) is 5. The zero-order chi connectivity index (χ0) is 15.4. The highest BCUT2D eigenvalue weighted by Gasteiger charge is 2.22. The van der Waals surface area contributed by atoms with E-state index in [1.54, 1.807) is 13.0 Å². The van der Waals surface area contributed by atoms with E-state index in [-0.39, 0.29) is 40.9 Å². The first-order valence-corrected chi connectivity index (χ1v) is 6.92. The van der Waals surface area contributed by atoms with Gasteiger partial charge in [0.2, 0.25) is 0 Å². The molecule has 0 bridgehead atoms. The van der Waals surface area contributed by atoms with Crippen LogP contribution in [-0.2, 0) is 16.0 Å². The van der Waals surface area contributed by atoms with Crippen LogP contribution in [0.4, 0.5) is 0 Å². The van der Waals surface area contributed by atoms with Crippen LogP contribution in [-0.4, -0.2) is 28.1 Å². The van der Waals surface area contributed by atoms with Crippen LogP contribution in [0, 0.1) is 0 Å². The number of ether oxygens (including phenoxy) is 1. The lowest BCUT2D eigenvalue weighted by molar-refractivity contribution is -0.114. The van der Waals surface area contributed by atoms with Gasteiger partial charge in [-0.2, -0.15) is 0 Å². The Kier molecular flexibility index (Phi) is 4.62. The highest BCUT2D eigenvalue weighted by molar-refractivity contribution is 5.98. The molecule has 1 aromatic carbocycles. The van der Waals surface area contributed by atoms with E-state index in [0.717, 1.165) is 18.9 Å². The molecule has 1 atom stereocenters. The third kappa shape index (κ3) is 3.84. The second kappa shape index (κ2) is 6.43. The van der Waals surface area contributed by atoms with Crippen LogP contribution >= 0.6 is 0 Å². The van der Waals surface area contributed by atoms with Crippen molar-refractivity contribution in [2.45, 2.75) is 38.7 Å². The van der Waals surface area contributed by atoms with Gasteiger partial charge < -0.3 is 14.9 Å². The number of aromatic hydroxyl groups is 2. The van der Waals surface area contributed by atoms with Crippen molar-refractivity contribution in [2.24, 2.45) is 0 Å². The lowest BCUT2D eigenvalue weighted by Gasteiger charge is -2.16. The number of hydrogen-bond donors (Lipinski definition) is 2. The third-order valence-corrected chi connectivity index (χ3v) is 3.35. The molecule has 5 heteroatoms. The summed E-state index contributed by atoms with van der Waals surface area (Å²) in [6.07, 6.45) is 5.15. The number of fused-ring (bicyclic) bond motifs is 1. The maximum atomic E-state index is 12.2. The van der Waals surface area contributed by atoms with Gasteiger partial charge in [-0.05, 0) is 43.9 Å². The van der Waals surface area contributed by atoms with Crippen molar-refractivity contribution in [3.8, 4) is 11.5 Å². The maximum absolute atomic E-state index is 12.2. The summed E-state index contributed by atoms with van der Waals surface area (Å²) >= 11 is 0. The maximum Gasteiger partial charge on any atom is 0.342 e. The van der Waals surface area contributed by atoms with E-state index in [1.807, 2.05) is 0 Å². The van der Waals surface area contributed by atoms with Gasteiger partial charge in [-0.3, -0.25) is 4.79 Å². The Morgan fingerprint density at radius 2 is 2.00 bits per heavy atom. The molecule has 0 amide bonds. The summed E-state index contributed by atoms with van der Waals surface area (Å²) in [7, 11) is 0. The average molecular weight is 290 g/mol. The Labute approximate surface area is 122 Å². The summed E-state index contributed by atoms with van der Waals surface area (Å²) in [5, 5.41) is 19.4. The summed E-state index contributed by atoms with van der Waals surface area (Å²) in [6.45, 7) is 1.79. The summed E-state index contributed by atoms with van der Waals surface area (Å²) in [5.41, 5.74) is 0.210. The molecule has 112 valence electrons. The molecule has 2 N–H and O–H groups in total. The third-order valence-electron chi connectivity index (χ3n) is 3.35. The van der Waals surface area contributed by atoms with E-state index in [0.29, 0.717) is 6.42 Å². The quantitative estimate of drug-likeness (QED) is 0.717. The van der Waals surface area contributed by atoms with Crippen molar-refractivity contribution in [1.82, 2.24) is 0 Å². The molecule has 1 aliphatic rings. The normalized spacial score (nSPS) is 20.1. The van der Waals surface area contributed by atoms with Crippen molar-refractivity contribution in [2.75, 3.05) is 0 Å². The first kappa shape index (κ1) is 15.1. The van der Waals surface area contributed by atoms with Crippen LogP contribution in [0.2, 0.25) is 0 Å². The average Bonchev–Trinajstić information content (AvgIpc) is 2.35. The predicted molar refractivity (Wildman–Crippen MR) is 76.4 cm³/mol. The van der Waals surface area contributed by atoms with Gasteiger partial charge in [0, 0.05) is 12.5 Å². The fraction of sp³-hybridized carbons (Fsp3) is 0.375. The molecule has 0 saturated heterocycles. The standard InChI is InChI=1S/C16H18O5/c1-10-5-3-2-4-6-12(17)7-11-8-13(18)9-14(19)15(11)16(20)21-10/h4,6,8-10,18-19H,2-3,5,7H2,1H3/t10-/m0/s1. The first-order chi connectivity index (χ1) is 9.97. The van der Waals surface area contributed by atoms with Gasteiger partial charge in [0.15, 0.2) is 5.78 Å². The van der Waals surface area contributed by atoms with Gasteiger partial charge in [0.1, 0.15) is 17.1 Å². The number of esters is 1. The molecule has 2 rings (SSSR count). The Hall–Kier alpha value is -2.30. The molecule has 21 heavy (non-hydrogen) atoms. The summed E-state index contributed by atoms with van der Waals surface area (Å²) in [4.78, 5) is 24.0. The molecule has 1 aromatic rings. The lowest BCUT2D eigenvalue weighted by atomic mass is 9.99. The van der Waals surface area contributed by atoms with Crippen LogP contribution in [0.1, 0.15) is 42.1 Å². The second-order valence-electron chi connectivity index (χ2n) is 5.19. The van der Waals surface area contributed by atoms with Crippen molar-refractivity contribution in [3.63, 3.8) is 0 Å². The molecule has 0 aromatic heterocycles. The minimum absolute atomic E-state index is 0.0537. The topological polar surface area (TPSA) is 83.8 Å². The molecule has 1 heterocycles. The number of carbonyl (C=O) groups is 2. The number of benzene rings is 1. The van der Waals surface area contributed by atoms with Crippen LogP contribution in [0.5, 0.6) is 11.5 Å². The van der Waals surface area contributed by atoms with E-state index in [1.165, 1.54) is 12.1 Å². The van der Waals surface area contributed by atoms with E-state index in [9.17, 15) is 19.8 Å². The van der Waals surface area contributed by atoms with Gasteiger partial charge in [-0.25, -0.2) is 4.79 Å². The van der Waals surface area contributed by atoms with Crippen LogP contribution < -0.4 is 0 Å². The van der Waals surface area contributed by atoms with Crippen LogP contribution in [0.3, 0.4) is 0 Å². The fourth-order valence-electron chi connectivity index (χ4n) is 2.33. The van der Waals surface area contributed by atoms with Crippen LogP contribution in [0.15, 0.2) is 24.3 Å². The number of rotatable bonds is 0. The van der Waals surface area contributed by atoms with E-state index < -0.39 is 5.97 Å². The Morgan fingerprint density at radius 3 is 2.76 bits per heavy atom. The SMILES string of the molecule is C[C@H]1CCCC=CC(=O)Cc2cc(O)cc(O)c2C(=O)O1. The minimum Gasteiger partial charge on any atom is -0.508 e. The fourth-order valence-corrected chi connectivity index (χ4v) is 2.33.